The molecule has 20 heavy (non-hydrogen) atoms. The Balaban J connectivity index is 2.14. The van der Waals surface area contributed by atoms with Crippen molar-refractivity contribution < 1.29 is 9.90 Å². The summed E-state index contributed by atoms with van der Waals surface area (Å²) in [5.74, 6) is -0.850. The molecule has 0 saturated heterocycles. The summed E-state index contributed by atoms with van der Waals surface area (Å²) >= 11 is 0. The lowest BCUT2D eigenvalue weighted by molar-refractivity contribution is -0.143. The first-order valence-electron chi connectivity index (χ1n) is 6.43. The molecule has 1 atom stereocenters. The second-order valence-electron chi connectivity index (χ2n) is 4.56. The molecular weight excluding hydrogens is 254 g/mol. The van der Waals surface area contributed by atoms with Crippen LogP contribution in [-0.4, -0.2) is 32.0 Å². The number of aliphatic carboxylic acids is 1. The summed E-state index contributed by atoms with van der Waals surface area (Å²) in [6, 6.07) is 10.7. The fourth-order valence-electron chi connectivity index (χ4n) is 1.89. The van der Waals surface area contributed by atoms with Crippen LogP contribution in [0.2, 0.25) is 0 Å². The highest BCUT2D eigenvalue weighted by Crippen LogP contribution is 2.11. The van der Waals surface area contributed by atoms with E-state index < -0.39 is 12.0 Å². The molecule has 0 aliphatic carbocycles. The molecule has 0 radical (unpaired) electrons. The van der Waals surface area contributed by atoms with Crippen LogP contribution in [0.3, 0.4) is 0 Å². The smallest absolute Gasteiger partial charge is 0.320 e. The van der Waals surface area contributed by atoms with E-state index >= 15 is 0 Å². The first-order valence-corrected chi connectivity index (χ1v) is 6.43. The van der Waals surface area contributed by atoms with Gasteiger partial charge in [-0.2, -0.15) is 0 Å². The topological polar surface area (TPSA) is 66.3 Å². The normalized spacial score (nSPS) is 12.3. The highest BCUT2D eigenvalue weighted by atomic mass is 16.4. The lowest BCUT2D eigenvalue weighted by atomic mass is 10.2. The summed E-state index contributed by atoms with van der Waals surface area (Å²) in [4.78, 5) is 21.6. The fraction of sp³-hybridized carbons (Fsp3) is 0.267. The molecule has 2 aromatic rings. The van der Waals surface area contributed by atoms with Crippen molar-refractivity contribution in [3.05, 3.63) is 60.2 Å². The van der Waals surface area contributed by atoms with Crippen LogP contribution in [0.25, 0.3) is 0 Å². The zero-order chi connectivity index (χ0) is 14.4. The Labute approximate surface area is 117 Å². The molecule has 104 valence electrons. The molecule has 0 fully saturated rings. The van der Waals surface area contributed by atoms with E-state index in [1.165, 1.54) is 0 Å². The van der Waals surface area contributed by atoms with Gasteiger partial charge in [0.2, 0.25) is 0 Å². The molecule has 0 amide bonds. The molecule has 5 heteroatoms. The Hall–Kier alpha value is -2.27. The number of nitrogens with zero attached hydrogens (tertiary/aromatic N) is 3. The minimum atomic E-state index is -0.850. The molecule has 5 nitrogen and oxygen atoms in total. The van der Waals surface area contributed by atoms with Crippen molar-refractivity contribution in [2.75, 3.05) is 0 Å². The van der Waals surface area contributed by atoms with Gasteiger partial charge < -0.3 is 5.11 Å². The zero-order valence-electron chi connectivity index (χ0n) is 11.3. The van der Waals surface area contributed by atoms with Crippen LogP contribution in [0.1, 0.15) is 18.3 Å². The van der Waals surface area contributed by atoms with Gasteiger partial charge >= 0.3 is 5.97 Å². The van der Waals surface area contributed by atoms with E-state index in [0.717, 1.165) is 11.4 Å². The third-order valence-electron chi connectivity index (χ3n) is 3.09. The first kappa shape index (κ1) is 14.1. The van der Waals surface area contributed by atoms with Crippen LogP contribution in [0.15, 0.2) is 48.8 Å². The first-order chi connectivity index (χ1) is 9.66. The van der Waals surface area contributed by atoms with Gasteiger partial charge in [0, 0.05) is 25.5 Å². The highest BCUT2D eigenvalue weighted by Gasteiger charge is 2.21. The third-order valence-corrected chi connectivity index (χ3v) is 3.09. The van der Waals surface area contributed by atoms with Gasteiger partial charge in [0.05, 0.1) is 11.4 Å². The lowest BCUT2D eigenvalue weighted by Gasteiger charge is -2.25. The standard InChI is InChI=1S/C15H17N3O2/c1-12(15(19)20)18(10-13-6-2-4-8-16-13)11-14-7-3-5-9-17-14/h2-9,12H,10-11H2,1H3,(H,19,20). The second kappa shape index (κ2) is 6.77. The molecule has 0 spiro atoms. The van der Waals surface area contributed by atoms with Crippen LogP contribution in [0.4, 0.5) is 0 Å². The molecule has 2 rings (SSSR count). The van der Waals surface area contributed by atoms with Gasteiger partial charge in [0.25, 0.3) is 0 Å². The Morgan fingerprint density at radius 3 is 1.95 bits per heavy atom. The number of rotatable bonds is 6. The summed E-state index contributed by atoms with van der Waals surface area (Å²) in [6.07, 6.45) is 3.42. The van der Waals surface area contributed by atoms with Crippen molar-refractivity contribution in [3.63, 3.8) is 0 Å². The van der Waals surface area contributed by atoms with Crippen molar-refractivity contribution in [2.24, 2.45) is 0 Å². The summed E-state index contributed by atoms with van der Waals surface area (Å²) in [7, 11) is 0. The van der Waals surface area contributed by atoms with Gasteiger partial charge in [0.1, 0.15) is 6.04 Å². The summed E-state index contributed by atoms with van der Waals surface area (Å²) in [5, 5.41) is 9.23. The number of hydrogen-bond donors (Lipinski definition) is 1. The number of carboxylic acids is 1. The van der Waals surface area contributed by atoms with E-state index in [1.54, 1.807) is 19.3 Å². The second-order valence-corrected chi connectivity index (χ2v) is 4.56. The number of carboxylic acid groups (broad SMARTS) is 1. The van der Waals surface area contributed by atoms with Crippen molar-refractivity contribution in [1.29, 1.82) is 0 Å². The maximum atomic E-state index is 11.2. The van der Waals surface area contributed by atoms with Gasteiger partial charge in [-0.25, -0.2) is 0 Å². The summed E-state index contributed by atoms with van der Waals surface area (Å²) in [5.41, 5.74) is 1.69. The van der Waals surface area contributed by atoms with Gasteiger partial charge in [-0.15, -0.1) is 0 Å². The lowest BCUT2D eigenvalue weighted by Crippen LogP contribution is -2.38. The highest BCUT2D eigenvalue weighted by molar-refractivity contribution is 5.72. The molecule has 0 aromatic carbocycles. The van der Waals surface area contributed by atoms with Crippen LogP contribution in [0.5, 0.6) is 0 Å². The minimum absolute atomic E-state index is 0.477. The van der Waals surface area contributed by atoms with Gasteiger partial charge in [0.15, 0.2) is 0 Å². The molecule has 2 aromatic heterocycles. The predicted molar refractivity (Wildman–Crippen MR) is 74.8 cm³/mol. The molecule has 1 N–H and O–H groups in total. The Morgan fingerprint density at radius 1 is 1.10 bits per heavy atom. The number of carbonyl (C=O) groups is 1. The van der Waals surface area contributed by atoms with Crippen LogP contribution in [-0.2, 0) is 17.9 Å². The van der Waals surface area contributed by atoms with E-state index in [2.05, 4.69) is 9.97 Å². The van der Waals surface area contributed by atoms with E-state index in [4.69, 9.17) is 0 Å². The fourth-order valence-corrected chi connectivity index (χ4v) is 1.89. The summed E-state index contributed by atoms with van der Waals surface area (Å²) in [6.45, 7) is 2.63. The average molecular weight is 271 g/mol. The molecule has 0 saturated carbocycles. The Morgan fingerprint density at radius 2 is 1.60 bits per heavy atom. The van der Waals surface area contributed by atoms with Gasteiger partial charge in [-0.3, -0.25) is 19.7 Å². The number of pyridine rings is 2. The van der Waals surface area contributed by atoms with Crippen molar-refractivity contribution in [1.82, 2.24) is 14.9 Å². The minimum Gasteiger partial charge on any atom is -0.480 e. The largest absolute Gasteiger partial charge is 0.480 e. The van der Waals surface area contributed by atoms with Crippen LogP contribution < -0.4 is 0 Å². The van der Waals surface area contributed by atoms with E-state index in [9.17, 15) is 9.90 Å². The van der Waals surface area contributed by atoms with Crippen molar-refractivity contribution in [3.8, 4) is 0 Å². The molecule has 0 aliphatic heterocycles. The molecule has 0 bridgehead atoms. The van der Waals surface area contributed by atoms with Crippen LogP contribution >= 0.6 is 0 Å². The maximum absolute atomic E-state index is 11.2. The number of aromatic nitrogens is 2. The van der Waals surface area contributed by atoms with Crippen LogP contribution in [0, 0.1) is 0 Å². The Kier molecular flexibility index (Phi) is 4.79. The third kappa shape index (κ3) is 3.86. The predicted octanol–water partition coefficient (Wildman–Crippen LogP) is 1.95. The number of hydrogen-bond acceptors (Lipinski definition) is 4. The van der Waals surface area contributed by atoms with Gasteiger partial charge in [-0.1, -0.05) is 12.1 Å². The van der Waals surface area contributed by atoms with Crippen molar-refractivity contribution >= 4 is 5.97 Å². The average Bonchev–Trinajstić information content (AvgIpc) is 2.48. The zero-order valence-corrected chi connectivity index (χ0v) is 11.3. The molecule has 2 heterocycles. The quantitative estimate of drug-likeness (QED) is 0.870. The maximum Gasteiger partial charge on any atom is 0.320 e. The van der Waals surface area contributed by atoms with Crippen molar-refractivity contribution in [2.45, 2.75) is 26.1 Å². The van der Waals surface area contributed by atoms with E-state index in [-0.39, 0.29) is 0 Å². The monoisotopic (exact) mass is 271 g/mol. The molecule has 1 unspecified atom stereocenters. The molecular formula is C15H17N3O2. The van der Waals surface area contributed by atoms with Gasteiger partial charge in [-0.05, 0) is 31.2 Å². The van der Waals surface area contributed by atoms with E-state index in [1.807, 2.05) is 41.3 Å². The summed E-state index contributed by atoms with van der Waals surface area (Å²) < 4.78 is 0. The van der Waals surface area contributed by atoms with E-state index in [0.29, 0.717) is 13.1 Å². The molecule has 0 aliphatic rings. The SMILES string of the molecule is CC(C(=O)O)N(Cc1ccccn1)Cc1ccccn1. The Bertz CT molecular complexity index is 504.